The molecule has 1 fully saturated rings. The van der Waals surface area contributed by atoms with Crippen molar-refractivity contribution in [2.24, 2.45) is 7.05 Å². The van der Waals surface area contributed by atoms with Crippen molar-refractivity contribution in [1.82, 2.24) is 14.5 Å². The molecular weight excluding hydrogens is 252 g/mol. The van der Waals surface area contributed by atoms with Gasteiger partial charge in [0.25, 0.3) is 5.91 Å². The van der Waals surface area contributed by atoms with Crippen molar-refractivity contribution < 1.29 is 4.79 Å². The first kappa shape index (κ1) is 12.7. The lowest BCUT2D eigenvalue weighted by atomic mass is 10.2. The van der Waals surface area contributed by atoms with E-state index >= 15 is 0 Å². The molecule has 1 saturated heterocycles. The van der Waals surface area contributed by atoms with E-state index in [0.29, 0.717) is 6.04 Å². The first-order valence-corrected chi connectivity index (χ1v) is 6.81. The Kier molecular flexibility index (Phi) is 3.41. The topological polar surface area (TPSA) is 50.2 Å². The molecule has 3 heterocycles. The number of hydrogen-bond acceptors (Lipinski definition) is 3. The summed E-state index contributed by atoms with van der Waals surface area (Å²) in [6, 6.07) is 7.96. The largest absolute Gasteiger partial charge is 0.379 e. The third-order valence-electron chi connectivity index (χ3n) is 3.67. The minimum Gasteiger partial charge on any atom is -0.379 e. The zero-order valence-corrected chi connectivity index (χ0v) is 11.5. The Morgan fingerprint density at radius 1 is 1.40 bits per heavy atom. The Labute approximate surface area is 118 Å². The summed E-state index contributed by atoms with van der Waals surface area (Å²) < 4.78 is 1.87. The fraction of sp³-hybridized carbons (Fsp3) is 0.333. The lowest BCUT2D eigenvalue weighted by Gasteiger charge is -2.18. The molecule has 0 saturated carbocycles. The predicted octanol–water partition coefficient (Wildman–Crippen LogP) is 1.75. The number of aryl methyl sites for hydroxylation is 1. The third-order valence-corrected chi connectivity index (χ3v) is 3.67. The number of nitrogens with zero attached hydrogens (tertiary/aromatic N) is 3. The van der Waals surface area contributed by atoms with Crippen LogP contribution in [0.2, 0.25) is 0 Å². The monoisotopic (exact) mass is 270 g/mol. The van der Waals surface area contributed by atoms with Crippen LogP contribution in [0.4, 0.5) is 5.69 Å². The second kappa shape index (κ2) is 5.36. The molecule has 2 aromatic heterocycles. The number of amides is 1. The average molecular weight is 270 g/mol. The maximum atomic E-state index is 12.4. The first-order valence-electron chi connectivity index (χ1n) is 6.81. The van der Waals surface area contributed by atoms with Gasteiger partial charge in [0.2, 0.25) is 0 Å². The van der Waals surface area contributed by atoms with Crippen molar-refractivity contribution in [1.29, 1.82) is 0 Å². The zero-order chi connectivity index (χ0) is 13.9. The number of hydrogen-bond donors (Lipinski definition) is 1. The summed E-state index contributed by atoms with van der Waals surface area (Å²) in [5.74, 6) is 0.105. The first-order chi connectivity index (χ1) is 9.74. The van der Waals surface area contributed by atoms with Crippen LogP contribution in [0.1, 0.15) is 16.9 Å². The van der Waals surface area contributed by atoms with Gasteiger partial charge in [0, 0.05) is 44.8 Å². The molecule has 1 unspecified atom stereocenters. The summed E-state index contributed by atoms with van der Waals surface area (Å²) in [7, 11) is 1.90. The average Bonchev–Trinajstić information content (AvgIpc) is 3.08. The fourth-order valence-electron chi connectivity index (χ4n) is 2.59. The molecule has 0 aromatic carbocycles. The van der Waals surface area contributed by atoms with E-state index in [2.05, 4.69) is 10.3 Å². The van der Waals surface area contributed by atoms with Crippen molar-refractivity contribution in [3.05, 3.63) is 48.5 Å². The fourth-order valence-corrected chi connectivity index (χ4v) is 2.59. The van der Waals surface area contributed by atoms with Crippen LogP contribution in [0.3, 0.4) is 0 Å². The molecule has 0 aliphatic carbocycles. The van der Waals surface area contributed by atoms with Crippen LogP contribution in [0, 0.1) is 0 Å². The number of carbonyl (C=O) groups excluding carboxylic acids is 1. The summed E-state index contributed by atoms with van der Waals surface area (Å²) in [5.41, 5.74) is 1.75. The van der Waals surface area contributed by atoms with E-state index in [4.69, 9.17) is 0 Å². The van der Waals surface area contributed by atoms with Crippen molar-refractivity contribution in [3.8, 4) is 0 Å². The van der Waals surface area contributed by atoms with E-state index < -0.39 is 0 Å². The van der Waals surface area contributed by atoms with Gasteiger partial charge in [-0.25, -0.2) is 0 Å². The Morgan fingerprint density at radius 3 is 3.00 bits per heavy atom. The van der Waals surface area contributed by atoms with Crippen molar-refractivity contribution in [2.45, 2.75) is 12.5 Å². The quantitative estimate of drug-likeness (QED) is 0.924. The molecule has 104 valence electrons. The highest BCUT2D eigenvalue weighted by atomic mass is 16.2. The van der Waals surface area contributed by atoms with Gasteiger partial charge in [0.15, 0.2) is 0 Å². The highest BCUT2D eigenvalue weighted by molar-refractivity contribution is 5.93. The van der Waals surface area contributed by atoms with Gasteiger partial charge in [0.1, 0.15) is 5.69 Å². The smallest absolute Gasteiger partial charge is 0.270 e. The lowest BCUT2D eigenvalue weighted by molar-refractivity contribution is 0.0782. The maximum absolute atomic E-state index is 12.4. The van der Waals surface area contributed by atoms with E-state index in [1.807, 2.05) is 53.2 Å². The second-order valence-corrected chi connectivity index (χ2v) is 5.13. The highest BCUT2D eigenvalue weighted by Gasteiger charge is 2.27. The van der Waals surface area contributed by atoms with Gasteiger partial charge >= 0.3 is 0 Å². The van der Waals surface area contributed by atoms with Crippen LogP contribution in [-0.4, -0.2) is 39.5 Å². The molecule has 0 radical (unpaired) electrons. The number of rotatable bonds is 3. The minimum atomic E-state index is 0.105. The summed E-state index contributed by atoms with van der Waals surface area (Å²) >= 11 is 0. The van der Waals surface area contributed by atoms with Gasteiger partial charge in [0.05, 0.1) is 5.69 Å². The number of anilines is 1. The molecule has 3 rings (SSSR count). The van der Waals surface area contributed by atoms with Gasteiger partial charge < -0.3 is 14.8 Å². The summed E-state index contributed by atoms with van der Waals surface area (Å²) in [6.07, 6.45) is 6.42. The van der Waals surface area contributed by atoms with Crippen LogP contribution < -0.4 is 5.32 Å². The number of likely N-dealkylation sites (tertiary alicyclic amines) is 1. The molecule has 1 amide bonds. The molecule has 2 aromatic rings. The standard InChI is InChI=1S/C15H18N4O/c1-18-8-3-5-14(18)15(20)19-9-6-13(11-19)17-12-4-2-7-16-10-12/h2-5,7-8,10,13,17H,6,9,11H2,1H3. The number of aromatic nitrogens is 2. The minimum absolute atomic E-state index is 0.105. The highest BCUT2D eigenvalue weighted by Crippen LogP contribution is 2.17. The predicted molar refractivity (Wildman–Crippen MR) is 77.6 cm³/mol. The normalized spacial score (nSPS) is 18.2. The van der Waals surface area contributed by atoms with Gasteiger partial charge in [-0.3, -0.25) is 9.78 Å². The van der Waals surface area contributed by atoms with E-state index in [1.54, 1.807) is 6.20 Å². The maximum Gasteiger partial charge on any atom is 0.270 e. The van der Waals surface area contributed by atoms with Crippen LogP contribution in [0.25, 0.3) is 0 Å². The molecule has 5 heteroatoms. The molecular formula is C15H18N4O. The van der Waals surface area contributed by atoms with Crippen molar-refractivity contribution in [3.63, 3.8) is 0 Å². The van der Waals surface area contributed by atoms with Gasteiger partial charge in [-0.1, -0.05) is 0 Å². The van der Waals surface area contributed by atoms with Crippen LogP contribution in [-0.2, 0) is 7.05 Å². The molecule has 1 N–H and O–H groups in total. The lowest BCUT2D eigenvalue weighted by Crippen LogP contribution is -2.32. The SMILES string of the molecule is Cn1cccc1C(=O)N1CCC(Nc2cccnc2)C1. The summed E-state index contributed by atoms with van der Waals surface area (Å²) in [6.45, 7) is 1.53. The van der Waals surface area contributed by atoms with Crippen molar-refractivity contribution >= 4 is 11.6 Å². The van der Waals surface area contributed by atoms with E-state index in [-0.39, 0.29) is 5.91 Å². The van der Waals surface area contributed by atoms with Gasteiger partial charge in [-0.2, -0.15) is 0 Å². The summed E-state index contributed by atoms with van der Waals surface area (Å²) in [4.78, 5) is 18.4. The van der Waals surface area contributed by atoms with Crippen LogP contribution >= 0.6 is 0 Å². The Balaban J connectivity index is 1.62. The number of carbonyl (C=O) groups is 1. The van der Waals surface area contributed by atoms with Crippen molar-refractivity contribution in [2.75, 3.05) is 18.4 Å². The Bertz CT molecular complexity index is 593. The van der Waals surface area contributed by atoms with E-state index in [1.165, 1.54) is 0 Å². The second-order valence-electron chi connectivity index (χ2n) is 5.13. The third kappa shape index (κ3) is 2.52. The Hall–Kier alpha value is -2.30. The van der Waals surface area contributed by atoms with Crippen LogP contribution in [0.5, 0.6) is 0 Å². The molecule has 0 bridgehead atoms. The molecule has 1 atom stereocenters. The van der Waals surface area contributed by atoms with E-state index in [9.17, 15) is 4.79 Å². The summed E-state index contributed by atoms with van der Waals surface area (Å²) in [5, 5.41) is 3.42. The molecule has 5 nitrogen and oxygen atoms in total. The van der Waals surface area contributed by atoms with Gasteiger partial charge in [-0.15, -0.1) is 0 Å². The molecule has 20 heavy (non-hydrogen) atoms. The van der Waals surface area contributed by atoms with Gasteiger partial charge in [-0.05, 0) is 30.7 Å². The van der Waals surface area contributed by atoms with E-state index in [0.717, 1.165) is 30.9 Å². The molecule has 0 spiro atoms. The van der Waals surface area contributed by atoms with Crippen LogP contribution in [0.15, 0.2) is 42.9 Å². The zero-order valence-electron chi connectivity index (χ0n) is 11.5. The number of pyridine rings is 1. The Morgan fingerprint density at radius 2 is 2.30 bits per heavy atom. The molecule has 1 aliphatic heterocycles. The molecule has 1 aliphatic rings. The number of nitrogens with one attached hydrogen (secondary N) is 1.